The molecule has 0 aliphatic rings. The quantitative estimate of drug-likeness (QED) is 0.576. The summed E-state index contributed by atoms with van der Waals surface area (Å²) in [6, 6.07) is 1.49. The molecule has 9 heavy (non-hydrogen) atoms. The number of carbonyl (C=O) groups excluding carboxylic acids is 1. The van der Waals surface area contributed by atoms with Gasteiger partial charge in [-0.25, -0.2) is 4.79 Å². The fourth-order valence-electron chi connectivity index (χ4n) is 0.434. The van der Waals surface area contributed by atoms with E-state index in [1.807, 2.05) is 0 Å². The van der Waals surface area contributed by atoms with Crippen LogP contribution in [0, 0.1) is 6.92 Å². The Labute approximate surface area is 51.4 Å². The van der Waals surface area contributed by atoms with Gasteiger partial charge in [0.2, 0.25) is 0 Å². The average Bonchev–Trinajstić information content (AvgIpc) is 2.17. The van der Waals surface area contributed by atoms with E-state index in [9.17, 15) is 4.79 Å². The molecule has 0 saturated heterocycles. The van der Waals surface area contributed by atoms with Crippen molar-refractivity contribution in [3.63, 3.8) is 0 Å². The molecule has 0 saturated carbocycles. The zero-order chi connectivity index (χ0) is 6.69. The summed E-state index contributed by atoms with van der Waals surface area (Å²) in [5, 5.41) is 3.35. The van der Waals surface area contributed by atoms with Crippen LogP contribution in [0.4, 0.5) is 0 Å². The van der Waals surface area contributed by atoms with E-state index in [4.69, 9.17) is 0 Å². The van der Waals surface area contributed by atoms with Crippen molar-refractivity contribution >= 4 is 6.47 Å². The smallest absolute Gasteiger partial charge is 0.396 e. The largest absolute Gasteiger partial charge is 0.424 e. The van der Waals surface area contributed by atoms with E-state index in [1.165, 1.54) is 12.5 Å². The van der Waals surface area contributed by atoms with Gasteiger partial charge >= 0.3 is 6.47 Å². The van der Waals surface area contributed by atoms with Crippen molar-refractivity contribution < 1.29 is 14.1 Å². The van der Waals surface area contributed by atoms with Crippen LogP contribution in [-0.4, -0.2) is 11.6 Å². The Morgan fingerprint density at radius 2 is 2.67 bits per heavy atom. The first-order valence-corrected chi connectivity index (χ1v) is 2.30. The third kappa shape index (κ3) is 1.28. The summed E-state index contributed by atoms with van der Waals surface area (Å²) in [4.78, 5) is 9.55. The van der Waals surface area contributed by atoms with Gasteiger partial charge in [0, 0.05) is 6.07 Å². The fraction of sp³-hybridized carbons (Fsp3) is 0.200. The fourth-order valence-corrected chi connectivity index (χ4v) is 0.434. The maximum absolute atomic E-state index is 9.55. The maximum Gasteiger partial charge on any atom is 0.424 e. The van der Waals surface area contributed by atoms with Gasteiger partial charge in [-0.2, -0.15) is 0 Å². The van der Waals surface area contributed by atoms with Crippen molar-refractivity contribution in [1.29, 1.82) is 0 Å². The third-order valence-corrected chi connectivity index (χ3v) is 0.753. The lowest BCUT2D eigenvalue weighted by molar-refractivity contribution is 0.357. The van der Waals surface area contributed by atoms with E-state index in [1.54, 1.807) is 6.92 Å². The number of rotatable bonds is 2. The highest BCUT2D eigenvalue weighted by atomic mass is 16.6. The van der Waals surface area contributed by atoms with E-state index < -0.39 is 0 Å². The molecular weight excluding hydrogens is 122 g/mol. The second kappa shape index (κ2) is 2.30. The summed E-state index contributed by atoms with van der Waals surface area (Å²) in [6.45, 7) is 2.92. The Kier molecular flexibility index (Phi) is 1.48. The average molecular weight is 126 g/mol. The van der Waals surface area contributed by atoms with Crippen LogP contribution in [0.5, 0.6) is 5.88 Å². The molecule has 0 bridgehead atoms. The van der Waals surface area contributed by atoms with E-state index >= 15 is 0 Å². The minimum Gasteiger partial charge on any atom is -0.396 e. The highest BCUT2D eigenvalue weighted by Gasteiger charge is 1.98. The molecule has 1 heterocycles. The monoisotopic (exact) mass is 126 g/mol. The summed E-state index contributed by atoms with van der Waals surface area (Å²) >= 11 is 0. The predicted molar refractivity (Wildman–Crippen MR) is 27.6 cm³/mol. The van der Waals surface area contributed by atoms with E-state index in [0.29, 0.717) is 5.76 Å². The normalized spacial score (nSPS) is 9.00. The lowest BCUT2D eigenvalue weighted by Crippen LogP contribution is -1.86. The van der Waals surface area contributed by atoms with Crippen LogP contribution >= 0.6 is 0 Å². The van der Waals surface area contributed by atoms with E-state index in [0.717, 1.165) is 0 Å². The first kappa shape index (κ1) is 5.81. The lowest BCUT2D eigenvalue weighted by Gasteiger charge is -1.79. The minimum absolute atomic E-state index is 0.141. The van der Waals surface area contributed by atoms with Crippen molar-refractivity contribution in [2.45, 2.75) is 6.92 Å². The number of aromatic nitrogens is 1. The Morgan fingerprint density at radius 1 is 1.89 bits per heavy atom. The highest BCUT2D eigenvalue weighted by molar-refractivity contribution is 5.43. The number of nitrogens with zero attached hydrogens (tertiary/aromatic N) is 1. The first-order chi connectivity index (χ1) is 4.33. The number of hydrogen-bond acceptors (Lipinski definition) is 4. The van der Waals surface area contributed by atoms with Gasteiger partial charge in [0.05, 0.1) is 0 Å². The van der Waals surface area contributed by atoms with Gasteiger partial charge < -0.3 is 9.26 Å². The van der Waals surface area contributed by atoms with Gasteiger partial charge in [0.1, 0.15) is 5.76 Å². The van der Waals surface area contributed by atoms with Crippen LogP contribution in [0.25, 0.3) is 0 Å². The zero-order valence-corrected chi connectivity index (χ0v) is 4.75. The molecule has 0 atom stereocenters. The topological polar surface area (TPSA) is 52.3 Å². The summed E-state index contributed by atoms with van der Waals surface area (Å²) in [5.41, 5.74) is 0. The second-order valence-electron chi connectivity index (χ2n) is 1.46. The SMILES string of the molecule is Cc1cc(O[C]=O)no1. The number of ether oxygens (including phenoxy) is 1. The molecule has 4 heteroatoms. The second-order valence-corrected chi connectivity index (χ2v) is 1.46. The van der Waals surface area contributed by atoms with Crippen molar-refractivity contribution in [3.8, 4) is 5.88 Å². The van der Waals surface area contributed by atoms with Crippen LogP contribution in [0.1, 0.15) is 5.76 Å². The molecule has 0 fully saturated rings. The van der Waals surface area contributed by atoms with Crippen molar-refractivity contribution in [2.24, 2.45) is 0 Å². The summed E-state index contributed by atoms with van der Waals surface area (Å²) in [5.74, 6) is 0.739. The third-order valence-electron chi connectivity index (χ3n) is 0.753. The van der Waals surface area contributed by atoms with Gasteiger partial charge in [-0.15, -0.1) is 0 Å². The van der Waals surface area contributed by atoms with E-state index in [-0.39, 0.29) is 5.88 Å². The Hall–Kier alpha value is -1.32. The Balaban J connectivity index is 2.72. The maximum atomic E-state index is 9.55. The number of aryl methyl sites for hydroxylation is 1. The van der Waals surface area contributed by atoms with Gasteiger partial charge in [0.15, 0.2) is 0 Å². The molecular formula is C5H4NO3. The molecule has 1 aromatic rings. The lowest BCUT2D eigenvalue weighted by atomic mass is 10.5. The van der Waals surface area contributed by atoms with Gasteiger partial charge in [-0.05, 0) is 12.1 Å². The van der Waals surface area contributed by atoms with Crippen molar-refractivity contribution in [2.75, 3.05) is 0 Å². The van der Waals surface area contributed by atoms with Crippen LogP contribution in [0.15, 0.2) is 10.6 Å². The van der Waals surface area contributed by atoms with Crippen LogP contribution in [0.3, 0.4) is 0 Å². The van der Waals surface area contributed by atoms with Gasteiger partial charge in [-0.1, -0.05) is 0 Å². The molecule has 0 spiro atoms. The summed E-state index contributed by atoms with van der Waals surface area (Å²) < 4.78 is 8.78. The molecule has 47 valence electrons. The highest BCUT2D eigenvalue weighted by Crippen LogP contribution is 2.07. The molecule has 4 nitrogen and oxygen atoms in total. The van der Waals surface area contributed by atoms with Crippen LogP contribution < -0.4 is 4.74 Å². The summed E-state index contributed by atoms with van der Waals surface area (Å²) in [7, 11) is 0. The van der Waals surface area contributed by atoms with Gasteiger partial charge in [-0.3, -0.25) is 0 Å². The standard InChI is InChI=1S/C5H4NO3/c1-4-2-5(6-9-4)8-3-7/h2H,1H3. The molecule has 0 aromatic carbocycles. The first-order valence-electron chi connectivity index (χ1n) is 2.30. The molecule has 0 aliphatic carbocycles. The Morgan fingerprint density at radius 3 is 3.11 bits per heavy atom. The van der Waals surface area contributed by atoms with Crippen molar-refractivity contribution in [3.05, 3.63) is 11.8 Å². The Bertz CT molecular complexity index is 206. The molecule has 0 amide bonds. The molecule has 0 N–H and O–H groups in total. The summed E-state index contributed by atoms with van der Waals surface area (Å²) in [6.07, 6.45) is 0. The van der Waals surface area contributed by atoms with Crippen LogP contribution in [-0.2, 0) is 4.79 Å². The number of hydrogen-bond donors (Lipinski definition) is 0. The van der Waals surface area contributed by atoms with E-state index in [2.05, 4.69) is 14.4 Å². The predicted octanol–water partition coefficient (Wildman–Crippen LogP) is 0.429. The molecule has 1 radical (unpaired) electrons. The van der Waals surface area contributed by atoms with Crippen LogP contribution in [0.2, 0.25) is 0 Å². The van der Waals surface area contributed by atoms with Gasteiger partial charge in [0.25, 0.3) is 5.88 Å². The zero-order valence-electron chi connectivity index (χ0n) is 4.75. The molecule has 1 aromatic heterocycles. The molecule has 0 unspecified atom stereocenters. The molecule has 1 rings (SSSR count). The minimum atomic E-state index is 0.141. The molecule has 0 aliphatic heterocycles. The van der Waals surface area contributed by atoms with Crippen molar-refractivity contribution in [1.82, 2.24) is 5.16 Å².